The zero-order valence-electron chi connectivity index (χ0n) is 46.3. The number of rotatable bonds is 54. The lowest BCUT2D eigenvalue weighted by Crippen LogP contribution is -2.30. The summed E-state index contributed by atoms with van der Waals surface area (Å²) in [7, 11) is -9.85. The van der Waals surface area contributed by atoms with Gasteiger partial charge in [-0.15, -0.1) is 0 Å². The number of esters is 4. The Morgan fingerprint density at radius 1 is 0.370 bits per heavy atom. The molecule has 0 aromatic heterocycles. The van der Waals surface area contributed by atoms with Crippen LogP contribution in [-0.4, -0.2) is 96.7 Å². The Hall–Kier alpha value is -1.94. The average Bonchev–Trinajstić information content (AvgIpc) is 3.35. The van der Waals surface area contributed by atoms with Crippen LogP contribution in [-0.2, 0) is 65.4 Å². The Morgan fingerprint density at radius 2 is 0.630 bits per heavy atom. The molecule has 5 atom stereocenters. The van der Waals surface area contributed by atoms with Crippen molar-refractivity contribution in [1.82, 2.24) is 0 Å². The third kappa shape index (κ3) is 49.4. The number of unbranched alkanes of at least 4 members (excludes halogenated alkanes) is 26. The number of carbonyl (C=O) groups excluding carboxylic acids is 4. The molecule has 0 aromatic carbocycles. The predicted octanol–water partition coefficient (Wildman–Crippen LogP) is 13.9. The van der Waals surface area contributed by atoms with E-state index < -0.39 is 97.5 Å². The van der Waals surface area contributed by atoms with Gasteiger partial charge >= 0.3 is 39.5 Å². The van der Waals surface area contributed by atoms with Gasteiger partial charge in [0.15, 0.2) is 12.2 Å². The van der Waals surface area contributed by atoms with Crippen LogP contribution in [0.1, 0.15) is 259 Å². The Morgan fingerprint density at radius 3 is 0.932 bits per heavy atom. The summed E-state index contributed by atoms with van der Waals surface area (Å²) >= 11 is 0. The van der Waals surface area contributed by atoms with Crippen LogP contribution in [0.15, 0.2) is 0 Å². The summed E-state index contributed by atoms with van der Waals surface area (Å²) in [5.41, 5.74) is 0. The van der Waals surface area contributed by atoms with Crippen LogP contribution in [0.4, 0.5) is 0 Å². The van der Waals surface area contributed by atoms with E-state index in [1.807, 2.05) is 0 Å². The number of aliphatic hydroxyl groups is 1. The standard InChI is InChI=1S/C54H104O17P2/c1-6-9-12-15-17-19-20-24-28-33-38-52(57)65-44-50(71-54(59)40-35-30-25-21-22-27-31-36-47(4)5)46-69-73(62,63)67-42-48(55)41-66-72(60,61)68-45-49(43-64-51(56)37-32-26-14-11-8-3)70-53(58)39-34-29-23-18-16-13-10-7-2/h47-50,55H,6-46H2,1-5H3,(H,60,61)(H,62,63)/t48-,49+,50+/m0/s1. The van der Waals surface area contributed by atoms with Crippen molar-refractivity contribution in [2.75, 3.05) is 39.6 Å². The highest BCUT2D eigenvalue weighted by Crippen LogP contribution is 2.45. The number of aliphatic hydroxyl groups excluding tert-OH is 1. The number of hydrogen-bond acceptors (Lipinski definition) is 15. The van der Waals surface area contributed by atoms with E-state index in [0.717, 1.165) is 103 Å². The summed E-state index contributed by atoms with van der Waals surface area (Å²) in [6.07, 6.45) is 28.5. The van der Waals surface area contributed by atoms with Crippen molar-refractivity contribution in [1.29, 1.82) is 0 Å². The molecule has 0 fully saturated rings. The molecular weight excluding hydrogens is 983 g/mol. The van der Waals surface area contributed by atoms with Crippen molar-refractivity contribution in [3.05, 3.63) is 0 Å². The number of phosphoric ester groups is 2. The minimum atomic E-state index is -4.93. The molecule has 0 saturated heterocycles. The van der Waals surface area contributed by atoms with Gasteiger partial charge in [0, 0.05) is 25.7 Å². The predicted molar refractivity (Wildman–Crippen MR) is 285 cm³/mol. The van der Waals surface area contributed by atoms with E-state index in [4.69, 9.17) is 37.0 Å². The van der Waals surface area contributed by atoms with Crippen LogP contribution >= 0.6 is 15.6 Å². The third-order valence-corrected chi connectivity index (χ3v) is 14.2. The number of carbonyl (C=O) groups is 4. The number of ether oxygens (including phenoxy) is 4. The normalized spacial score (nSPS) is 14.5. The van der Waals surface area contributed by atoms with Gasteiger partial charge in [-0.2, -0.15) is 0 Å². The number of phosphoric acid groups is 2. The van der Waals surface area contributed by atoms with Crippen molar-refractivity contribution in [3.63, 3.8) is 0 Å². The van der Waals surface area contributed by atoms with Crippen LogP contribution < -0.4 is 0 Å². The first-order valence-electron chi connectivity index (χ1n) is 28.6. The topological polar surface area (TPSA) is 237 Å². The van der Waals surface area contributed by atoms with E-state index in [0.29, 0.717) is 31.6 Å². The molecule has 432 valence electrons. The highest BCUT2D eigenvalue weighted by molar-refractivity contribution is 7.47. The summed E-state index contributed by atoms with van der Waals surface area (Å²) in [5, 5.41) is 10.4. The monoisotopic (exact) mass is 1090 g/mol. The lowest BCUT2D eigenvalue weighted by molar-refractivity contribution is -0.161. The summed E-state index contributed by atoms with van der Waals surface area (Å²) in [5.74, 6) is -1.47. The fourth-order valence-corrected chi connectivity index (χ4v) is 9.39. The summed E-state index contributed by atoms with van der Waals surface area (Å²) in [6, 6.07) is 0. The van der Waals surface area contributed by atoms with Gasteiger partial charge in [0.25, 0.3) is 0 Å². The molecule has 0 saturated carbocycles. The first kappa shape index (κ1) is 71.1. The molecule has 19 heteroatoms. The third-order valence-electron chi connectivity index (χ3n) is 12.3. The van der Waals surface area contributed by atoms with Crippen molar-refractivity contribution in [3.8, 4) is 0 Å². The molecule has 0 heterocycles. The lowest BCUT2D eigenvalue weighted by atomic mass is 10.0. The van der Waals surface area contributed by atoms with E-state index in [1.54, 1.807) is 0 Å². The molecule has 0 spiro atoms. The van der Waals surface area contributed by atoms with Gasteiger partial charge < -0.3 is 33.8 Å². The zero-order valence-corrected chi connectivity index (χ0v) is 48.0. The molecule has 0 rings (SSSR count). The van der Waals surface area contributed by atoms with E-state index in [-0.39, 0.29) is 25.7 Å². The van der Waals surface area contributed by atoms with Crippen molar-refractivity contribution >= 4 is 39.5 Å². The van der Waals surface area contributed by atoms with E-state index in [1.165, 1.54) is 70.6 Å². The molecule has 0 aromatic rings. The smallest absolute Gasteiger partial charge is 0.462 e. The molecule has 0 aliphatic heterocycles. The zero-order chi connectivity index (χ0) is 54.3. The minimum Gasteiger partial charge on any atom is -0.462 e. The molecule has 17 nitrogen and oxygen atoms in total. The first-order valence-corrected chi connectivity index (χ1v) is 31.6. The van der Waals surface area contributed by atoms with Crippen molar-refractivity contribution < 1.29 is 80.2 Å². The highest BCUT2D eigenvalue weighted by Gasteiger charge is 2.30. The second kappa shape index (κ2) is 48.4. The maximum Gasteiger partial charge on any atom is 0.472 e. The molecule has 0 bridgehead atoms. The lowest BCUT2D eigenvalue weighted by Gasteiger charge is -2.21. The van der Waals surface area contributed by atoms with Crippen LogP contribution in [0.25, 0.3) is 0 Å². The molecule has 73 heavy (non-hydrogen) atoms. The molecule has 0 radical (unpaired) electrons. The van der Waals surface area contributed by atoms with Crippen molar-refractivity contribution in [2.45, 2.75) is 278 Å². The van der Waals surface area contributed by atoms with E-state index >= 15 is 0 Å². The Kier molecular flexibility index (Phi) is 47.1. The van der Waals surface area contributed by atoms with Gasteiger partial charge in [-0.3, -0.25) is 37.3 Å². The Bertz CT molecular complexity index is 1450. The largest absolute Gasteiger partial charge is 0.472 e. The van der Waals surface area contributed by atoms with Gasteiger partial charge in [-0.1, -0.05) is 208 Å². The van der Waals surface area contributed by atoms with E-state index in [2.05, 4.69) is 34.6 Å². The maximum absolute atomic E-state index is 12.9. The van der Waals surface area contributed by atoms with Crippen LogP contribution in [0.3, 0.4) is 0 Å². The number of hydrogen-bond donors (Lipinski definition) is 3. The van der Waals surface area contributed by atoms with Gasteiger partial charge in [0.05, 0.1) is 26.4 Å². The van der Waals surface area contributed by atoms with Crippen LogP contribution in [0.2, 0.25) is 0 Å². The minimum absolute atomic E-state index is 0.103. The molecule has 2 unspecified atom stereocenters. The van der Waals surface area contributed by atoms with Crippen molar-refractivity contribution in [2.24, 2.45) is 5.92 Å². The second-order valence-corrected chi connectivity index (χ2v) is 23.0. The highest BCUT2D eigenvalue weighted by atomic mass is 31.2. The SMILES string of the molecule is CCCCCCCCCCCCC(=O)OC[C@H](COP(=O)(O)OC[C@@H](O)COP(=O)(O)OC[C@@H](COC(=O)CCCCCCC)OC(=O)CCCCCCCCCC)OC(=O)CCCCCCCCCC(C)C. The van der Waals surface area contributed by atoms with Gasteiger partial charge in [-0.25, -0.2) is 9.13 Å². The fraction of sp³-hybridized carbons (Fsp3) is 0.926. The fourth-order valence-electron chi connectivity index (χ4n) is 7.81. The average molecular weight is 1090 g/mol. The van der Waals surface area contributed by atoms with Crippen LogP contribution in [0, 0.1) is 5.92 Å². The molecule has 3 N–H and O–H groups in total. The molecule has 0 aliphatic rings. The first-order chi connectivity index (χ1) is 35.0. The second-order valence-electron chi connectivity index (χ2n) is 20.1. The van der Waals surface area contributed by atoms with Gasteiger partial charge in [0.2, 0.25) is 0 Å². The van der Waals surface area contributed by atoms with Gasteiger partial charge in [0.1, 0.15) is 19.3 Å². The molecular formula is C54H104O17P2. The molecule has 0 amide bonds. The van der Waals surface area contributed by atoms with E-state index in [9.17, 15) is 43.2 Å². The summed E-state index contributed by atoms with van der Waals surface area (Å²) < 4.78 is 67.3. The van der Waals surface area contributed by atoms with Gasteiger partial charge in [-0.05, 0) is 31.6 Å². The summed E-state index contributed by atoms with van der Waals surface area (Å²) in [4.78, 5) is 71.3. The molecule has 0 aliphatic carbocycles. The summed E-state index contributed by atoms with van der Waals surface area (Å²) in [6.45, 7) is 6.92. The van der Waals surface area contributed by atoms with Crippen LogP contribution in [0.5, 0.6) is 0 Å². The Labute approximate surface area is 441 Å². The maximum atomic E-state index is 12.9. The Balaban J connectivity index is 5.18. The quantitative estimate of drug-likeness (QED) is 0.0222.